The standard InChI is InChI=1S/C13H17NO5S/c1-3-8-19-13(16)9-14-20(17,18)12-6-4-11(5-7-12)10(2)15/h4-7,14H,3,8-9H2,1-2H3. The quantitative estimate of drug-likeness (QED) is 0.602. The zero-order valence-corrected chi connectivity index (χ0v) is 12.2. The van der Waals surface area contributed by atoms with Crippen molar-refractivity contribution in [3.63, 3.8) is 0 Å². The van der Waals surface area contributed by atoms with E-state index in [4.69, 9.17) is 4.74 Å². The number of carbonyl (C=O) groups excluding carboxylic acids is 2. The van der Waals surface area contributed by atoms with Gasteiger partial charge in [-0.2, -0.15) is 4.72 Å². The van der Waals surface area contributed by atoms with Crippen LogP contribution >= 0.6 is 0 Å². The summed E-state index contributed by atoms with van der Waals surface area (Å²) >= 11 is 0. The Hall–Kier alpha value is -1.73. The summed E-state index contributed by atoms with van der Waals surface area (Å²) in [6, 6.07) is 5.48. The monoisotopic (exact) mass is 299 g/mol. The molecule has 0 aliphatic rings. The molecule has 1 aromatic rings. The van der Waals surface area contributed by atoms with E-state index in [0.29, 0.717) is 12.0 Å². The minimum atomic E-state index is -3.78. The first kappa shape index (κ1) is 16.3. The maximum Gasteiger partial charge on any atom is 0.321 e. The molecule has 0 unspecified atom stereocenters. The van der Waals surface area contributed by atoms with Crippen molar-refractivity contribution < 1.29 is 22.7 Å². The zero-order chi connectivity index (χ0) is 15.2. The van der Waals surface area contributed by atoms with Gasteiger partial charge in [0.05, 0.1) is 11.5 Å². The van der Waals surface area contributed by atoms with Crippen molar-refractivity contribution in [2.24, 2.45) is 0 Å². The number of hydrogen-bond donors (Lipinski definition) is 1. The average molecular weight is 299 g/mol. The highest BCUT2D eigenvalue weighted by molar-refractivity contribution is 7.89. The van der Waals surface area contributed by atoms with Crippen molar-refractivity contribution in [2.75, 3.05) is 13.2 Å². The summed E-state index contributed by atoms with van der Waals surface area (Å²) in [5, 5.41) is 0. The molecule has 1 N–H and O–H groups in total. The fourth-order valence-corrected chi connectivity index (χ4v) is 2.34. The number of hydrogen-bond acceptors (Lipinski definition) is 5. The Balaban J connectivity index is 2.69. The molecule has 0 saturated carbocycles. The molecule has 6 nitrogen and oxygen atoms in total. The molecule has 0 amide bonds. The third-order valence-corrected chi connectivity index (χ3v) is 3.86. The van der Waals surface area contributed by atoms with Crippen LogP contribution in [0.15, 0.2) is 29.2 Å². The zero-order valence-electron chi connectivity index (χ0n) is 11.4. The van der Waals surface area contributed by atoms with Gasteiger partial charge in [-0.15, -0.1) is 0 Å². The third kappa shape index (κ3) is 4.75. The van der Waals surface area contributed by atoms with Gasteiger partial charge in [0.2, 0.25) is 10.0 Å². The molecule has 0 spiro atoms. The van der Waals surface area contributed by atoms with E-state index in [2.05, 4.69) is 4.72 Å². The Morgan fingerprint density at radius 1 is 1.20 bits per heavy atom. The maximum absolute atomic E-state index is 11.9. The lowest BCUT2D eigenvalue weighted by Gasteiger charge is -2.07. The Morgan fingerprint density at radius 3 is 2.30 bits per heavy atom. The van der Waals surface area contributed by atoms with E-state index in [-0.39, 0.29) is 17.3 Å². The Kier molecular flexibility index (Phi) is 5.84. The molecular formula is C13H17NO5S. The van der Waals surface area contributed by atoms with Gasteiger partial charge in [-0.05, 0) is 25.5 Å². The van der Waals surface area contributed by atoms with E-state index in [1.807, 2.05) is 6.92 Å². The number of carbonyl (C=O) groups is 2. The van der Waals surface area contributed by atoms with Crippen LogP contribution in [-0.4, -0.2) is 33.3 Å². The summed E-state index contributed by atoms with van der Waals surface area (Å²) in [4.78, 5) is 22.3. The maximum atomic E-state index is 11.9. The van der Waals surface area contributed by atoms with Crippen LogP contribution < -0.4 is 4.72 Å². The lowest BCUT2D eigenvalue weighted by atomic mass is 10.2. The average Bonchev–Trinajstić information content (AvgIpc) is 2.43. The van der Waals surface area contributed by atoms with Crippen molar-refractivity contribution in [2.45, 2.75) is 25.2 Å². The minimum absolute atomic E-state index is 0.00853. The normalized spacial score (nSPS) is 11.1. The van der Waals surface area contributed by atoms with Crippen molar-refractivity contribution >= 4 is 21.8 Å². The van der Waals surface area contributed by atoms with Crippen molar-refractivity contribution in [3.8, 4) is 0 Å². The number of ketones is 1. The highest BCUT2D eigenvalue weighted by Gasteiger charge is 2.16. The Labute approximate surface area is 118 Å². The van der Waals surface area contributed by atoms with Crippen LogP contribution in [0.2, 0.25) is 0 Å². The van der Waals surface area contributed by atoms with E-state index in [9.17, 15) is 18.0 Å². The van der Waals surface area contributed by atoms with Gasteiger partial charge in [0.25, 0.3) is 0 Å². The molecule has 1 aromatic carbocycles. The second-order valence-electron chi connectivity index (χ2n) is 4.13. The van der Waals surface area contributed by atoms with Gasteiger partial charge in [-0.25, -0.2) is 8.42 Å². The predicted molar refractivity (Wildman–Crippen MR) is 72.9 cm³/mol. The minimum Gasteiger partial charge on any atom is -0.465 e. The number of Topliss-reactive ketones (excluding diaryl/α,β-unsaturated/α-hetero) is 1. The van der Waals surface area contributed by atoms with Gasteiger partial charge in [-0.3, -0.25) is 9.59 Å². The van der Waals surface area contributed by atoms with Crippen LogP contribution in [0.25, 0.3) is 0 Å². The molecule has 0 heterocycles. The predicted octanol–water partition coefficient (Wildman–Crippen LogP) is 1.12. The van der Waals surface area contributed by atoms with E-state index in [0.717, 1.165) is 0 Å². The van der Waals surface area contributed by atoms with E-state index in [1.54, 1.807) is 0 Å². The van der Waals surface area contributed by atoms with Crippen LogP contribution in [0.1, 0.15) is 30.6 Å². The van der Waals surface area contributed by atoms with Crippen LogP contribution in [-0.2, 0) is 19.6 Å². The van der Waals surface area contributed by atoms with Crippen LogP contribution in [0, 0.1) is 0 Å². The highest BCUT2D eigenvalue weighted by Crippen LogP contribution is 2.10. The summed E-state index contributed by atoms with van der Waals surface area (Å²) < 4.78 is 30.7. The second-order valence-corrected chi connectivity index (χ2v) is 5.89. The van der Waals surface area contributed by atoms with E-state index < -0.39 is 22.5 Å². The first-order valence-corrected chi connectivity index (χ1v) is 7.61. The number of sulfonamides is 1. The first-order chi connectivity index (χ1) is 9.36. The number of rotatable bonds is 7. The van der Waals surface area contributed by atoms with Gasteiger partial charge < -0.3 is 4.74 Å². The molecule has 0 bridgehead atoms. The summed E-state index contributed by atoms with van der Waals surface area (Å²) in [5.41, 5.74) is 0.423. The van der Waals surface area contributed by atoms with Crippen LogP contribution in [0.5, 0.6) is 0 Å². The molecule has 0 atom stereocenters. The first-order valence-electron chi connectivity index (χ1n) is 6.13. The van der Waals surface area contributed by atoms with Gasteiger partial charge in [0.1, 0.15) is 6.54 Å². The van der Waals surface area contributed by atoms with Gasteiger partial charge >= 0.3 is 5.97 Å². The summed E-state index contributed by atoms with van der Waals surface area (Å²) in [5.74, 6) is -0.777. The Bertz CT molecular complexity index is 577. The largest absolute Gasteiger partial charge is 0.465 e. The molecule has 0 fully saturated rings. The molecule has 110 valence electrons. The van der Waals surface area contributed by atoms with Gasteiger partial charge in [0.15, 0.2) is 5.78 Å². The molecule has 20 heavy (non-hydrogen) atoms. The third-order valence-electron chi connectivity index (χ3n) is 2.44. The molecule has 0 aromatic heterocycles. The molecular weight excluding hydrogens is 282 g/mol. The Morgan fingerprint density at radius 2 is 1.80 bits per heavy atom. The van der Waals surface area contributed by atoms with Crippen LogP contribution in [0.3, 0.4) is 0 Å². The molecule has 0 aliphatic heterocycles. The fourth-order valence-electron chi connectivity index (χ4n) is 1.37. The SMILES string of the molecule is CCCOC(=O)CNS(=O)(=O)c1ccc(C(C)=O)cc1. The highest BCUT2D eigenvalue weighted by atomic mass is 32.2. The molecule has 0 aliphatic carbocycles. The molecule has 7 heteroatoms. The number of benzene rings is 1. The topological polar surface area (TPSA) is 89.5 Å². The van der Waals surface area contributed by atoms with Crippen molar-refractivity contribution in [1.29, 1.82) is 0 Å². The number of ether oxygens (including phenoxy) is 1. The summed E-state index contributed by atoms with van der Waals surface area (Å²) in [7, 11) is -3.78. The van der Waals surface area contributed by atoms with E-state index in [1.165, 1.54) is 31.2 Å². The van der Waals surface area contributed by atoms with Crippen molar-refractivity contribution in [1.82, 2.24) is 4.72 Å². The molecule has 0 radical (unpaired) electrons. The van der Waals surface area contributed by atoms with Gasteiger partial charge in [-0.1, -0.05) is 19.1 Å². The summed E-state index contributed by atoms with van der Waals surface area (Å²) in [6.45, 7) is 3.07. The molecule has 0 saturated heterocycles. The lowest BCUT2D eigenvalue weighted by molar-refractivity contribution is -0.142. The number of esters is 1. The fraction of sp³-hybridized carbons (Fsp3) is 0.385. The van der Waals surface area contributed by atoms with Crippen molar-refractivity contribution in [3.05, 3.63) is 29.8 Å². The molecule has 1 rings (SSSR count). The number of nitrogens with one attached hydrogen (secondary N) is 1. The van der Waals surface area contributed by atoms with Gasteiger partial charge in [0, 0.05) is 5.56 Å². The second kappa shape index (κ2) is 7.16. The summed E-state index contributed by atoms with van der Waals surface area (Å²) in [6.07, 6.45) is 0.672. The van der Waals surface area contributed by atoms with Crippen LogP contribution in [0.4, 0.5) is 0 Å². The lowest BCUT2D eigenvalue weighted by Crippen LogP contribution is -2.30. The smallest absolute Gasteiger partial charge is 0.321 e. The van der Waals surface area contributed by atoms with E-state index >= 15 is 0 Å².